The summed E-state index contributed by atoms with van der Waals surface area (Å²) in [5.74, 6) is 0.956. The summed E-state index contributed by atoms with van der Waals surface area (Å²) < 4.78 is 7.46. The van der Waals surface area contributed by atoms with E-state index in [4.69, 9.17) is 32.9 Å². The van der Waals surface area contributed by atoms with Crippen molar-refractivity contribution in [2.45, 2.75) is 11.7 Å². The number of thioether (sulfide) groups is 1. The number of hydrogen-bond acceptors (Lipinski definition) is 4. The van der Waals surface area contributed by atoms with E-state index in [9.17, 15) is 4.79 Å². The van der Waals surface area contributed by atoms with E-state index in [0.717, 1.165) is 27.5 Å². The molecule has 1 aromatic heterocycles. The van der Waals surface area contributed by atoms with E-state index in [-0.39, 0.29) is 11.5 Å². The lowest BCUT2D eigenvalue weighted by Crippen LogP contribution is -2.06. The molecule has 0 amide bonds. The number of hydrogen-bond donors (Lipinski definition) is 0. The number of ether oxygens (including phenoxy) is 1. The number of imidazole rings is 1. The molecule has 0 aliphatic carbocycles. The van der Waals surface area contributed by atoms with Crippen LogP contribution in [0.4, 0.5) is 0 Å². The molecule has 0 N–H and O–H groups in total. The smallest absolute Gasteiger partial charge is 0.173 e. The first-order valence-corrected chi connectivity index (χ1v) is 11.0. The summed E-state index contributed by atoms with van der Waals surface area (Å²) in [4.78, 5) is 17.4. The summed E-state index contributed by atoms with van der Waals surface area (Å²) >= 11 is 13.4. The van der Waals surface area contributed by atoms with Gasteiger partial charge < -0.3 is 9.30 Å². The predicted octanol–water partition coefficient (Wildman–Crippen LogP) is 6.38. The normalized spacial score (nSPS) is 11.0. The Bertz CT molecular complexity index is 1210. The number of methoxy groups -OCH3 is 1. The lowest BCUT2D eigenvalue weighted by Gasteiger charge is -2.09. The third kappa shape index (κ3) is 4.48. The van der Waals surface area contributed by atoms with Crippen molar-refractivity contribution in [2.75, 3.05) is 12.9 Å². The number of halogens is 2. The largest absolute Gasteiger partial charge is 0.497 e. The average Bonchev–Trinajstić information content (AvgIpc) is 3.11. The molecular weight excluding hydrogens is 439 g/mol. The van der Waals surface area contributed by atoms with Crippen molar-refractivity contribution in [3.8, 4) is 5.75 Å². The van der Waals surface area contributed by atoms with Gasteiger partial charge in [0.25, 0.3) is 0 Å². The van der Waals surface area contributed by atoms with Crippen LogP contribution >= 0.6 is 35.0 Å². The van der Waals surface area contributed by atoms with Gasteiger partial charge in [-0.25, -0.2) is 4.98 Å². The van der Waals surface area contributed by atoms with E-state index < -0.39 is 0 Å². The molecule has 4 rings (SSSR count). The zero-order valence-electron chi connectivity index (χ0n) is 16.1. The molecule has 0 atom stereocenters. The molecule has 0 fully saturated rings. The highest BCUT2D eigenvalue weighted by Gasteiger charge is 2.16. The molecule has 0 saturated carbocycles. The fourth-order valence-electron chi connectivity index (χ4n) is 3.13. The third-order valence-corrected chi connectivity index (χ3v) is 6.39. The predicted molar refractivity (Wildman–Crippen MR) is 123 cm³/mol. The SMILES string of the molecule is COc1ccc2c(c1)nc(SCC(=O)c1ccc(Cl)c(Cl)c1)n2Cc1ccccc1. The second kappa shape index (κ2) is 9.13. The Hall–Kier alpha value is -2.47. The number of carbonyl (C=O) groups is 1. The molecule has 0 saturated heterocycles. The van der Waals surface area contributed by atoms with Crippen LogP contribution in [0.5, 0.6) is 5.75 Å². The summed E-state index contributed by atoms with van der Waals surface area (Å²) in [6.07, 6.45) is 0. The first-order chi connectivity index (χ1) is 14.5. The van der Waals surface area contributed by atoms with Crippen molar-refractivity contribution < 1.29 is 9.53 Å². The van der Waals surface area contributed by atoms with Crippen molar-refractivity contribution in [2.24, 2.45) is 0 Å². The van der Waals surface area contributed by atoms with E-state index in [1.807, 2.05) is 36.4 Å². The number of rotatable bonds is 7. The summed E-state index contributed by atoms with van der Waals surface area (Å²) in [6, 6.07) is 20.9. The molecule has 0 aliphatic heterocycles. The highest BCUT2D eigenvalue weighted by molar-refractivity contribution is 7.99. The van der Waals surface area contributed by atoms with Gasteiger partial charge in [-0.2, -0.15) is 0 Å². The fraction of sp³-hybridized carbons (Fsp3) is 0.130. The molecule has 3 aromatic carbocycles. The lowest BCUT2D eigenvalue weighted by molar-refractivity contribution is 0.102. The third-order valence-electron chi connectivity index (χ3n) is 4.68. The van der Waals surface area contributed by atoms with Crippen molar-refractivity contribution in [3.05, 3.63) is 87.9 Å². The first-order valence-electron chi connectivity index (χ1n) is 9.24. The summed E-state index contributed by atoms with van der Waals surface area (Å²) in [5.41, 5.74) is 3.51. The summed E-state index contributed by atoms with van der Waals surface area (Å²) in [5, 5.41) is 1.57. The van der Waals surface area contributed by atoms with Crippen molar-refractivity contribution in [1.82, 2.24) is 9.55 Å². The number of carbonyl (C=O) groups excluding carboxylic acids is 1. The number of aromatic nitrogens is 2. The van der Waals surface area contributed by atoms with Gasteiger partial charge in [0.15, 0.2) is 10.9 Å². The van der Waals surface area contributed by atoms with E-state index >= 15 is 0 Å². The number of Topliss-reactive ketones (excluding diaryl/α,β-unsaturated/α-hetero) is 1. The maximum absolute atomic E-state index is 12.7. The Morgan fingerprint density at radius 3 is 2.57 bits per heavy atom. The standard InChI is InChI=1S/C23H18Cl2N2O2S/c1-29-17-8-10-21-20(12-17)26-23(27(21)13-15-5-3-2-4-6-15)30-14-22(28)16-7-9-18(24)19(25)11-16/h2-12H,13-14H2,1H3. The minimum absolute atomic E-state index is 0.0329. The van der Waals surface area contributed by atoms with Gasteiger partial charge in [-0.05, 0) is 35.9 Å². The molecule has 30 heavy (non-hydrogen) atoms. The first kappa shape index (κ1) is 20.8. The molecule has 4 aromatic rings. The Kier molecular flexibility index (Phi) is 6.32. The highest BCUT2D eigenvalue weighted by Crippen LogP contribution is 2.29. The fourth-order valence-corrected chi connectivity index (χ4v) is 4.33. The van der Waals surface area contributed by atoms with Crippen LogP contribution in [0.2, 0.25) is 10.0 Å². The van der Waals surface area contributed by atoms with Crippen molar-refractivity contribution in [1.29, 1.82) is 0 Å². The zero-order chi connectivity index (χ0) is 21.1. The van der Waals surface area contributed by atoms with Crippen LogP contribution < -0.4 is 4.74 Å². The Morgan fingerprint density at radius 2 is 1.83 bits per heavy atom. The second-order valence-electron chi connectivity index (χ2n) is 6.66. The van der Waals surface area contributed by atoms with E-state index in [0.29, 0.717) is 22.2 Å². The van der Waals surface area contributed by atoms with E-state index in [1.54, 1.807) is 25.3 Å². The van der Waals surface area contributed by atoms with Gasteiger partial charge in [0, 0.05) is 11.6 Å². The number of benzene rings is 3. The second-order valence-corrected chi connectivity index (χ2v) is 8.42. The quantitative estimate of drug-likeness (QED) is 0.239. The molecule has 0 unspecified atom stereocenters. The topological polar surface area (TPSA) is 44.1 Å². The minimum atomic E-state index is -0.0329. The van der Waals surface area contributed by atoms with Crippen molar-refractivity contribution in [3.63, 3.8) is 0 Å². The van der Waals surface area contributed by atoms with Crippen LogP contribution in [0.3, 0.4) is 0 Å². The average molecular weight is 457 g/mol. The van der Waals surface area contributed by atoms with Gasteiger partial charge in [0.05, 0.1) is 40.5 Å². The van der Waals surface area contributed by atoms with Crippen LogP contribution in [0.25, 0.3) is 11.0 Å². The Morgan fingerprint density at radius 1 is 1.03 bits per heavy atom. The van der Waals surface area contributed by atoms with Crippen LogP contribution in [-0.2, 0) is 6.54 Å². The van der Waals surface area contributed by atoms with Crippen LogP contribution in [0.1, 0.15) is 15.9 Å². The summed E-state index contributed by atoms with van der Waals surface area (Å²) in [6.45, 7) is 0.660. The molecular formula is C23H18Cl2N2O2S. The van der Waals surface area contributed by atoms with Gasteiger partial charge in [0.2, 0.25) is 0 Å². The minimum Gasteiger partial charge on any atom is -0.497 e. The molecule has 0 spiro atoms. The zero-order valence-corrected chi connectivity index (χ0v) is 18.5. The van der Waals surface area contributed by atoms with Crippen LogP contribution in [0, 0.1) is 0 Å². The number of fused-ring (bicyclic) bond motifs is 1. The van der Waals surface area contributed by atoms with Gasteiger partial charge in [-0.3, -0.25) is 4.79 Å². The molecule has 4 nitrogen and oxygen atoms in total. The Labute approximate surface area is 188 Å². The van der Waals surface area contributed by atoms with Crippen LogP contribution in [0.15, 0.2) is 71.9 Å². The monoisotopic (exact) mass is 456 g/mol. The molecule has 0 aliphatic rings. The Balaban J connectivity index is 1.63. The molecule has 152 valence electrons. The van der Waals surface area contributed by atoms with Gasteiger partial charge in [0.1, 0.15) is 5.75 Å². The van der Waals surface area contributed by atoms with E-state index in [2.05, 4.69) is 16.7 Å². The highest BCUT2D eigenvalue weighted by atomic mass is 35.5. The van der Waals surface area contributed by atoms with Gasteiger partial charge in [-0.1, -0.05) is 65.3 Å². The maximum atomic E-state index is 12.7. The molecule has 1 heterocycles. The molecule has 0 bridgehead atoms. The van der Waals surface area contributed by atoms with E-state index in [1.165, 1.54) is 11.8 Å². The number of nitrogens with zero attached hydrogens (tertiary/aromatic N) is 2. The van der Waals surface area contributed by atoms with Gasteiger partial charge in [-0.15, -0.1) is 0 Å². The maximum Gasteiger partial charge on any atom is 0.173 e. The van der Waals surface area contributed by atoms with Crippen molar-refractivity contribution >= 4 is 51.8 Å². The van der Waals surface area contributed by atoms with Crippen LogP contribution in [-0.4, -0.2) is 28.2 Å². The summed E-state index contributed by atoms with van der Waals surface area (Å²) in [7, 11) is 1.63. The molecule has 7 heteroatoms. The van der Waals surface area contributed by atoms with Gasteiger partial charge >= 0.3 is 0 Å². The molecule has 0 radical (unpaired) electrons. The lowest BCUT2D eigenvalue weighted by atomic mass is 10.1. The number of ketones is 1.